The van der Waals surface area contributed by atoms with E-state index < -0.39 is 0 Å². The average Bonchev–Trinajstić information content (AvgIpc) is 2.78. The molecule has 0 saturated carbocycles. The van der Waals surface area contributed by atoms with Gasteiger partial charge in [0.15, 0.2) is 5.16 Å². The third-order valence-corrected chi connectivity index (χ3v) is 6.86. The Kier molecular flexibility index (Phi) is 7.16. The predicted octanol–water partition coefficient (Wildman–Crippen LogP) is 5.41. The molecule has 2 heterocycles. The Bertz CT molecular complexity index is 853. The highest BCUT2D eigenvalue weighted by Gasteiger charge is 2.38. The number of rotatable bonds is 7. The maximum absolute atomic E-state index is 6.34. The van der Waals surface area contributed by atoms with Crippen molar-refractivity contribution in [2.75, 3.05) is 0 Å². The van der Waals surface area contributed by atoms with Crippen LogP contribution in [0, 0.1) is 5.92 Å². The van der Waals surface area contributed by atoms with Gasteiger partial charge in [-0.05, 0) is 30.5 Å². The van der Waals surface area contributed by atoms with Crippen molar-refractivity contribution in [1.29, 1.82) is 0 Å². The minimum atomic E-state index is 0.0372. The minimum absolute atomic E-state index is 0.0372. The molecule has 1 fully saturated rings. The molecule has 0 radical (unpaired) electrons. The van der Waals surface area contributed by atoms with Crippen molar-refractivity contribution in [3.05, 3.63) is 90.3 Å². The van der Waals surface area contributed by atoms with Crippen LogP contribution in [0.3, 0.4) is 0 Å². The van der Waals surface area contributed by atoms with Crippen molar-refractivity contribution in [3.63, 3.8) is 0 Å². The van der Waals surface area contributed by atoms with Crippen LogP contribution in [0.5, 0.6) is 0 Å². The molecule has 4 atom stereocenters. The van der Waals surface area contributed by atoms with E-state index in [0.717, 1.165) is 24.7 Å². The van der Waals surface area contributed by atoms with Crippen molar-refractivity contribution >= 4 is 11.8 Å². The second-order valence-corrected chi connectivity index (χ2v) is 9.07. The Morgan fingerprint density at radius 2 is 1.43 bits per heavy atom. The first kappa shape index (κ1) is 21.0. The molecule has 0 spiro atoms. The van der Waals surface area contributed by atoms with E-state index in [2.05, 4.69) is 89.4 Å². The summed E-state index contributed by atoms with van der Waals surface area (Å²) in [5, 5.41) is 0.778. The number of thioether (sulfide) groups is 1. The van der Waals surface area contributed by atoms with E-state index in [1.54, 1.807) is 24.2 Å². The normalized spacial score (nSPS) is 24.1. The summed E-state index contributed by atoms with van der Waals surface area (Å²) in [5.41, 5.74) is 2.72. The zero-order valence-corrected chi connectivity index (χ0v) is 18.4. The molecular formula is C25H29N3OS. The molecule has 0 N–H and O–H groups in total. The second-order valence-electron chi connectivity index (χ2n) is 8.00. The number of aromatic nitrogens is 2. The van der Waals surface area contributed by atoms with Gasteiger partial charge in [0.2, 0.25) is 0 Å². The quantitative estimate of drug-likeness (QED) is 0.479. The fourth-order valence-corrected chi connectivity index (χ4v) is 5.23. The molecule has 1 saturated heterocycles. The van der Waals surface area contributed by atoms with E-state index in [1.807, 2.05) is 6.07 Å². The topological polar surface area (TPSA) is 38.2 Å². The van der Waals surface area contributed by atoms with E-state index in [1.165, 1.54) is 11.1 Å². The van der Waals surface area contributed by atoms with Crippen LogP contribution in [0.4, 0.5) is 0 Å². The first-order valence-corrected chi connectivity index (χ1v) is 11.5. The van der Waals surface area contributed by atoms with Gasteiger partial charge in [0.1, 0.15) is 5.44 Å². The zero-order valence-electron chi connectivity index (χ0n) is 17.6. The summed E-state index contributed by atoms with van der Waals surface area (Å²) in [6.45, 7) is 6.34. The third kappa shape index (κ3) is 5.48. The molecule has 4 nitrogen and oxygen atoms in total. The van der Waals surface area contributed by atoms with Gasteiger partial charge < -0.3 is 4.74 Å². The highest BCUT2D eigenvalue weighted by Crippen LogP contribution is 2.38. The SMILES string of the molecule is CC1C(N(Cc2ccccc2)Cc2ccccc2)C[C@@H](C)O[C@H]1Sc1ncccn1. The molecular weight excluding hydrogens is 390 g/mol. The number of hydrogen-bond acceptors (Lipinski definition) is 5. The fourth-order valence-electron chi connectivity index (χ4n) is 4.14. The van der Waals surface area contributed by atoms with Crippen molar-refractivity contribution in [2.45, 2.75) is 56.1 Å². The van der Waals surface area contributed by atoms with E-state index in [4.69, 9.17) is 4.74 Å². The van der Waals surface area contributed by atoms with E-state index in [9.17, 15) is 0 Å². The van der Waals surface area contributed by atoms with Gasteiger partial charge in [0.05, 0.1) is 6.10 Å². The predicted molar refractivity (Wildman–Crippen MR) is 122 cm³/mol. The highest BCUT2D eigenvalue weighted by atomic mass is 32.2. The van der Waals surface area contributed by atoms with Gasteiger partial charge in [-0.1, -0.05) is 79.3 Å². The lowest BCUT2D eigenvalue weighted by Crippen LogP contribution is -2.49. The lowest BCUT2D eigenvalue weighted by Gasteiger charge is -2.44. The zero-order chi connectivity index (χ0) is 20.8. The first-order valence-electron chi connectivity index (χ1n) is 10.6. The number of nitrogens with zero attached hydrogens (tertiary/aromatic N) is 3. The maximum Gasteiger partial charge on any atom is 0.190 e. The number of benzene rings is 2. The van der Waals surface area contributed by atoms with Gasteiger partial charge in [-0.15, -0.1) is 0 Å². The number of hydrogen-bond donors (Lipinski definition) is 0. The summed E-state index contributed by atoms with van der Waals surface area (Å²) < 4.78 is 6.34. The maximum atomic E-state index is 6.34. The van der Waals surface area contributed by atoms with Crippen LogP contribution in [0.25, 0.3) is 0 Å². The Morgan fingerprint density at radius 1 is 0.867 bits per heavy atom. The largest absolute Gasteiger partial charge is 0.364 e. The van der Waals surface area contributed by atoms with Crippen LogP contribution in [-0.4, -0.2) is 32.4 Å². The smallest absolute Gasteiger partial charge is 0.190 e. The monoisotopic (exact) mass is 419 g/mol. The minimum Gasteiger partial charge on any atom is -0.364 e. The van der Waals surface area contributed by atoms with Crippen LogP contribution in [0.15, 0.2) is 84.3 Å². The van der Waals surface area contributed by atoms with Gasteiger partial charge in [0.25, 0.3) is 0 Å². The van der Waals surface area contributed by atoms with Crippen LogP contribution in [-0.2, 0) is 17.8 Å². The first-order chi connectivity index (χ1) is 14.7. The van der Waals surface area contributed by atoms with Crippen LogP contribution >= 0.6 is 11.8 Å². The van der Waals surface area contributed by atoms with Gasteiger partial charge in [-0.2, -0.15) is 0 Å². The molecule has 0 aliphatic carbocycles. The van der Waals surface area contributed by atoms with Gasteiger partial charge in [-0.25, -0.2) is 9.97 Å². The lowest BCUT2D eigenvalue weighted by atomic mass is 9.91. The Labute approximate surface area is 183 Å². The van der Waals surface area contributed by atoms with Crippen LogP contribution in [0.1, 0.15) is 31.4 Å². The number of ether oxygens (including phenoxy) is 1. The van der Waals surface area contributed by atoms with Gasteiger partial charge in [0, 0.05) is 37.4 Å². The van der Waals surface area contributed by atoms with E-state index >= 15 is 0 Å². The van der Waals surface area contributed by atoms with Crippen molar-refractivity contribution in [1.82, 2.24) is 14.9 Å². The summed E-state index contributed by atoms with van der Waals surface area (Å²) in [4.78, 5) is 11.4. The Morgan fingerprint density at radius 3 is 2.00 bits per heavy atom. The molecule has 0 amide bonds. The molecule has 1 aliphatic heterocycles. The van der Waals surface area contributed by atoms with Gasteiger partial charge >= 0.3 is 0 Å². The average molecular weight is 420 g/mol. The second kappa shape index (κ2) is 10.2. The summed E-state index contributed by atoms with van der Waals surface area (Å²) >= 11 is 1.64. The molecule has 1 aromatic heterocycles. The van der Waals surface area contributed by atoms with Crippen molar-refractivity contribution in [2.24, 2.45) is 5.92 Å². The fraction of sp³-hybridized carbons (Fsp3) is 0.360. The molecule has 156 valence electrons. The van der Waals surface area contributed by atoms with E-state index in [-0.39, 0.29) is 11.5 Å². The molecule has 2 unspecified atom stereocenters. The Balaban J connectivity index is 1.57. The van der Waals surface area contributed by atoms with Crippen molar-refractivity contribution in [3.8, 4) is 0 Å². The molecule has 1 aliphatic rings. The summed E-state index contributed by atoms with van der Waals surface area (Å²) in [5.74, 6) is 0.349. The summed E-state index contributed by atoms with van der Waals surface area (Å²) in [6.07, 6.45) is 4.80. The standard InChI is InChI=1S/C25H29N3OS/c1-19-16-23(20(2)24(29-19)30-25-26-14-9-15-27-25)28(17-21-10-5-3-6-11-21)18-22-12-7-4-8-13-22/h3-15,19-20,23-24H,16-18H2,1-2H3/t19-,20?,23?,24+/m1/s1. The molecule has 0 bridgehead atoms. The highest BCUT2D eigenvalue weighted by molar-refractivity contribution is 7.99. The van der Waals surface area contributed by atoms with E-state index in [0.29, 0.717) is 12.0 Å². The molecule has 2 aromatic carbocycles. The van der Waals surface area contributed by atoms with Gasteiger partial charge in [-0.3, -0.25) is 4.90 Å². The van der Waals surface area contributed by atoms with Crippen LogP contribution < -0.4 is 0 Å². The lowest BCUT2D eigenvalue weighted by molar-refractivity contribution is -0.0722. The van der Waals surface area contributed by atoms with Crippen LogP contribution in [0.2, 0.25) is 0 Å². The third-order valence-electron chi connectivity index (χ3n) is 5.67. The Hall–Kier alpha value is -2.21. The molecule has 30 heavy (non-hydrogen) atoms. The molecule has 4 rings (SSSR count). The summed E-state index contributed by atoms with van der Waals surface area (Å²) in [7, 11) is 0. The van der Waals surface area contributed by atoms with Crippen molar-refractivity contribution < 1.29 is 4.74 Å². The summed E-state index contributed by atoms with van der Waals surface area (Å²) in [6, 6.07) is 23.8. The molecule has 3 aromatic rings. The molecule has 5 heteroatoms.